The summed E-state index contributed by atoms with van der Waals surface area (Å²) in [5.74, 6) is 2.46. The van der Waals surface area contributed by atoms with E-state index in [0.29, 0.717) is 50.7 Å². The minimum absolute atomic E-state index is 0.0906. The molecular formula is C30H36N7O3P. The molecule has 11 heteroatoms. The molecule has 10 nitrogen and oxygen atoms in total. The van der Waals surface area contributed by atoms with Gasteiger partial charge >= 0.3 is 0 Å². The Bertz CT molecular complexity index is 1490. The lowest BCUT2D eigenvalue weighted by Gasteiger charge is -2.35. The van der Waals surface area contributed by atoms with Crippen LogP contribution in [0.2, 0.25) is 0 Å². The quantitative estimate of drug-likeness (QED) is 0.265. The fourth-order valence-electron chi connectivity index (χ4n) is 5.28. The first-order chi connectivity index (χ1) is 20.0. The molecule has 0 aliphatic carbocycles. The van der Waals surface area contributed by atoms with Gasteiger partial charge in [-0.05, 0) is 23.0 Å². The van der Waals surface area contributed by atoms with Gasteiger partial charge in [-0.2, -0.15) is 0 Å². The Labute approximate surface area is 242 Å². The third-order valence-corrected chi connectivity index (χ3v) is 7.87. The number of hydrogen-bond acceptors (Lipinski definition) is 8. The van der Waals surface area contributed by atoms with Crippen molar-refractivity contribution >= 4 is 49.6 Å². The van der Waals surface area contributed by atoms with Gasteiger partial charge in [-0.25, -0.2) is 15.0 Å². The molecule has 6 rings (SSSR count). The Balaban J connectivity index is 0.00000165. The zero-order valence-corrected chi connectivity index (χ0v) is 24.9. The van der Waals surface area contributed by atoms with Crippen LogP contribution in [0.5, 0.6) is 0 Å². The van der Waals surface area contributed by atoms with Crippen molar-refractivity contribution in [1.29, 1.82) is 0 Å². The lowest BCUT2D eigenvalue weighted by atomic mass is 9.99. The molecule has 5 heterocycles. The second-order valence-corrected chi connectivity index (χ2v) is 10.5. The summed E-state index contributed by atoms with van der Waals surface area (Å²) in [5, 5.41) is 1.94. The lowest BCUT2D eigenvalue weighted by molar-refractivity contribution is -0.129. The van der Waals surface area contributed by atoms with Crippen molar-refractivity contribution in [3.05, 3.63) is 48.9 Å². The van der Waals surface area contributed by atoms with Crippen molar-refractivity contribution in [2.45, 2.75) is 20.8 Å². The third-order valence-electron chi connectivity index (χ3n) is 7.49. The number of benzene rings is 1. The summed E-state index contributed by atoms with van der Waals surface area (Å²) in [7, 11) is 2.72. The summed E-state index contributed by atoms with van der Waals surface area (Å²) in [5.41, 5.74) is 3.29. The van der Waals surface area contributed by atoms with Crippen LogP contribution in [0.1, 0.15) is 20.8 Å². The number of pyridine rings is 1. The van der Waals surface area contributed by atoms with Crippen LogP contribution < -0.4 is 15.1 Å². The van der Waals surface area contributed by atoms with E-state index in [2.05, 4.69) is 48.3 Å². The number of rotatable bonds is 5. The summed E-state index contributed by atoms with van der Waals surface area (Å²) >= 11 is 0. The minimum atomic E-state index is 0.0906. The highest BCUT2D eigenvalue weighted by atomic mass is 31.0. The highest BCUT2D eigenvalue weighted by Crippen LogP contribution is 2.43. The number of carbonyl (C=O) groups excluding carboxylic acids is 2. The Morgan fingerprint density at radius 2 is 1.51 bits per heavy atom. The first-order valence-corrected chi connectivity index (χ1v) is 14.6. The Hall–Kier alpha value is -4.04. The lowest BCUT2D eigenvalue weighted by Crippen LogP contribution is -2.48. The number of aromatic nitrogens is 3. The molecule has 0 saturated carbocycles. The minimum Gasteiger partial charge on any atom is -0.437 e. The van der Waals surface area contributed by atoms with Gasteiger partial charge in [0.25, 0.3) is 0 Å². The van der Waals surface area contributed by atoms with Crippen LogP contribution in [0.15, 0.2) is 53.3 Å². The predicted molar refractivity (Wildman–Crippen MR) is 165 cm³/mol. The van der Waals surface area contributed by atoms with Crippen molar-refractivity contribution in [3.63, 3.8) is 0 Å². The van der Waals surface area contributed by atoms with E-state index in [1.807, 2.05) is 37.1 Å². The van der Waals surface area contributed by atoms with E-state index in [1.54, 1.807) is 11.8 Å². The van der Waals surface area contributed by atoms with Gasteiger partial charge in [0.15, 0.2) is 0 Å². The molecule has 2 aliphatic rings. The smallest absolute Gasteiger partial charge is 0.232 e. The summed E-state index contributed by atoms with van der Waals surface area (Å²) < 4.78 is 6.43. The van der Waals surface area contributed by atoms with E-state index < -0.39 is 0 Å². The summed E-state index contributed by atoms with van der Waals surface area (Å²) in [4.78, 5) is 44.9. The molecular weight excluding hydrogens is 537 g/mol. The molecule has 2 saturated heterocycles. The average Bonchev–Trinajstić information content (AvgIpc) is 3.42. The van der Waals surface area contributed by atoms with E-state index in [1.165, 1.54) is 6.33 Å². The van der Waals surface area contributed by atoms with Crippen molar-refractivity contribution in [1.82, 2.24) is 24.8 Å². The molecule has 0 radical (unpaired) electrons. The van der Waals surface area contributed by atoms with Crippen LogP contribution in [0, 0.1) is 0 Å². The fourth-order valence-corrected chi connectivity index (χ4v) is 5.48. The van der Waals surface area contributed by atoms with Gasteiger partial charge in [-0.1, -0.05) is 38.1 Å². The summed E-state index contributed by atoms with van der Waals surface area (Å²) in [6.07, 6.45) is 4.28. The van der Waals surface area contributed by atoms with E-state index in [4.69, 9.17) is 14.4 Å². The molecule has 1 aromatic carbocycles. The van der Waals surface area contributed by atoms with Gasteiger partial charge in [0, 0.05) is 76.6 Å². The third kappa shape index (κ3) is 5.88. The molecule has 214 valence electrons. The van der Waals surface area contributed by atoms with Crippen molar-refractivity contribution in [2.75, 3.05) is 62.2 Å². The molecule has 4 aromatic rings. The number of furan rings is 1. The molecule has 1 unspecified atom stereocenters. The van der Waals surface area contributed by atoms with Crippen LogP contribution in [0.25, 0.3) is 33.6 Å². The molecule has 2 fully saturated rings. The molecule has 0 bridgehead atoms. The monoisotopic (exact) mass is 573 g/mol. The first kappa shape index (κ1) is 28.5. The molecule has 1 atom stereocenters. The van der Waals surface area contributed by atoms with Crippen LogP contribution in [-0.2, 0) is 9.59 Å². The number of anilines is 2. The molecule has 41 heavy (non-hydrogen) atoms. The van der Waals surface area contributed by atoms with Gasteiger partial charge in [0.2, 0.25) is 18.0 Å². The second kappa shape index (κ2) is 12.6. The van der Waals surface area contributed by atoms with E-state index in [9.17, 15) is 9.59 Å². The molecule has 2 amide bonds. The number of nitrogens with zero attached hydrogens (tertiary/aromatic N) is 7. The second-order valence-electron chi connectivity index (χ2n) is 9.83. The fraction of sp³-hybridized carbons (Fsp3) is 0.367. The zero-order chi connectivity index (χ0) is 28.9. The van der Waals surface area contributed by atoms with E-state index in [-0.39, 0.29) is 5.91 Å². The molecule has 2 aliphatic heterocycles. The van der Waals surface area contributed by atoms with Gasteiger partial charge < -0.3 is 24.0 Å². The number of fused-ring (bicyclic) bond motifs is 1. The Kier molecular flexibility index (Phi) is 8.78. The molecule has 0 spiro atoms. The topological polar surface area (TPSA) is 98.9 Å². The number of carbonyl (C=O) groups is 2. The van der Waals surface area contributed by atoms with Crippen molar-refractivity contribution in [2.24, 2.45) is 0 Å². The predicted octanol–water partition coefficient (Wildman–Crippen LogP) is 3.43. The zero-order valence-electron chi connectivity index (χ0n) is 23.8. The van der Waals surface area contributed by atoms with Crippen molar-refractivity contribution < 1.29 is 14.0 Å². The van der Waals surface area contributed by atoms with Gasteiger partial charge in [-0.15, -0.1) is 9.24 Å². The van der Waals surface area contributed by atoms with E-state index >= 15 is 0 Å². The SMILES string of the molecule is CC.CC(=O)N1CCN(c2ncnc3oc(-c4ccc(N5CCN(C=O)CC5)nc4)c(-c4ccc(P)cc4)c23)CC1. The van der Waals surface area contributed by atoms with Crippen LogP contribution in [0.4, 0.5) is 11.6 Å². The van der Waals surface area contributed by atoms with Crippen LogP contribution in [-0.4, -0.2) is 89.4 Å². The first-order valence-electron chi connectivity index (χ1n) is 14.1. The molecule has 0 N–H and O–H groups in total. The van der Waals surface area contributed by atoms with Gasteiger partial charge in [0.1, 0.15) is 23.7 Å². The van der Waals surface area contributed by atoms with Crippen LogP contribution >= 0.6 is 9.24 Å². The van der Waals surface area contributed by atoms with Gasteiger partial charge in [-0.3, -0.25) is 9.59 Å². The van der Waals surface area contributed by atoms with Crippen molar-refractivity contribution in [3.8, 4) is 22.5 Å². The Morgan fingerprint density at radius 1 is 0.854 bits per heavy atom. The Morgan fingerprint density at radius 3 is 2.12 bits per heavy atom. The normalized spacial score (nSPS) is 15.5. The largest absolute Gasteiger partial charge is 0.437 e. The maximum absolute atomic E-state index is 11.9. The van der Waals surface area contributed by atoms with E-state index in [0.717, 1.165) is 58.5 Å². The average molecular weight is 574 g/mol. The molecule has 3 aromatic heterocycles. The van der Waals surface area contributed by atoms with Gasteiger partial charge in [0.05, 0.1) is 5.39 Å². The maximum atomic E-state index is 11.9. The summed E-state index contributed by atoms with van der Waals surface area (Å²) in [6, 6.07) is 12.3. The van der Waals surface area contributed by atoms with Crippen LogP contribution in [0.3, 0.4) is 0 Å². The number of hydrogen-bond donors (Lipinski definition) is 0. The summed E-state index contributed by atoms with van der Waals surface area (Å²) in [6.45, 7) is 11.1. The highest BCUT2D eigenvalue weighted by molar-refractivity contribution is 7.27. The standard InChI is InChI=1S/C28H30N7O3P.C2H6/c1-19(37)33-12-14-35(15-13-33)27-25-24(20-2-5-22(39)6-3-20)26(38-28(25)31-17-30-27)21-4-7-23(29-16-21)34-10-8-32(18-36)9-11-34;1-2/h2-7,16-18H,8-15,39H2,1H3;1-2H3. The maximum Gasteiger partial charge on any atom is 0.232 e. The highest BCUT2D eigenvalue weighted by Gasteiger charge is 2.27. The number of amides is 2. The number of piperazine rings is 2.